The number of hydrogen-bond donors (Lipinski definition) is 1. The fourth-order valence-electron chi connectivity index (χ4n) is 6.03. The van der Waals surface area contributed by atoms with Crippen molar-refractivity contribution >= 4 is 28.5 Å². The van der Waals surface area contributed by atoms with Gasteiger partial charge >= 0.3 is 0 Å². The zero-order chi connectivity index (χ0) is 28.3. The Kier molecular flexibility index (Phi) is 7.69. The number of amides is 2. The minimum Gasteiger partial charge on any atom is -0.352 e. The van der Waals surface area contributed by atoms with Gasteiger partial charge in [-0.2, -0.15) is 0 Å². The lowest BCUT2D eigenvalue weighted by atomic mass is 10.0. The van der Waals surface area contributed by atoms with Crippen LogP contribution < -0.4 is 10.2 Å². The summed E-state index contributed by atoms with van der Waals surface area (Å²) < 4.78 is 2.13. The molecule has 9 heteroatoms. The molecule has 0 radical (unpaired) electrons. The van der Waals surface area contributed by atoms with Crippen molar-refractivity contribution in [2.75, 3.05) is 57.3 Å². The number of nitrogens with zero attached hydrogens (tertiary/aromatic N) is 6. The van der Waals surface area contributed by atoms with Gasteiger partial charge in [0.25, 0.3) is 11.8 Å². The Bertz CT molecular complexity index is 1530. The number of anilines is 1. The summed E-state index contributed by atoms with van der Waals surface area (Å²) >= 11 is 0. The number of aromatic nitrogens is 3. The fourth-order valence-corrected chi connectivity index (χ4v) is 6.03. The summed E-state index contributed by atoms with van der Waals surface area (Å²) in [6, 6.07) is 16.4. The molecular formula is C32H37N7O2. The number of carbonyl (C=O) groups is 2. The van der Waals surface area contributed by atoms with Crippen LogP contribution in [0, 0.1) is 6.92 Å². The van der Waals surface area contributed by atoms with Crippen molar-refractivity contribution in [3.05, 3.63) is 77.7 Å². The Morgan fingerprint density at radius 1 is 0.902 bits per heavy atom. The molecule has 2 aliphatic rings. The van der Waals surface area contributed by atoms with Crippen molar-refractivity contribution in [2.45, 2.75) is 19.8 Å². The van der Waals surface area contributed by atoms with Crippen molar-refractivity contribution in [1.82, 2.24) is 29.7 Å². The predicted octanol–water partition coefficient (Wildman–Crippen LogP) is 3.73. The first-order valence-electron chi connectivity index (χ1n) is 14.5. The highest BCUT2D eigenvalue weighted by molar-refractivity contribution is 6.13. The molecule has 2 aromatic heterocycles. The van der Waals surface area contributed by atoms with E-state index in [9.17, 15) is 9.59 Å². The number of rotatable bonds is 7. The van der Waals surface area contributed by atoms with Gasteiger partial charge in [0.15, 0.2) is 0 Å². The van der Waals surface area contributed by atoms with E-state index in [0.29, 0.717) is 38.4 Å². The second-order valence-corrected chi connectivity index (χ2v) is 11.0. The molecule has 6 rings (SSSR count). The zero-order valence-electron chi connectivity index (χ0n) is 23.8. The summed E-state index contributed by atoms with van der Waals surface area (Å²) in [5.41, 5.74) is 5.23. The topological polar surface area (TPSA) is 86.6 Å². The smallest absolute Gasteiger partial charge is 0.271 e. The summed E-state index contributed by atoms with van der Waals surface area (Å²) in [5.74, 6) is 0.571. The monoisotopic (exact) mass is 551 g/mol. The van der Waals surface area contributed by atoms with Crippen LogP contribution in [0.1, 0.15) is 39.3 Å². The Balaban J connectivity index is 1.13. The molecule has 2 fully saturated rings. The van der Waals surface area contributed by atoms with Crippen molar-refractivity contribution < 1.29 is 9.59 Å². The quantitative estimate of drug-likeness (QED) is 0.377. The molecular weight excluding hydrogens is 514 g/mol. The standard InChI is InChI=1S/C32H37N7O2/c1-23-10-11-27-25(20-23)29(30(36(27)2)24-8-4-3-5-9-24)32(41)39-18-16-38(17-19-39)28-22-34-26(21-35-28)31(40)33-12-15-37-13-6-7-14-37/h3-5,8-11,20-22H,6-7,12-19H2,1-2H3,(H,33,40). The van der Waals surface area contributed by atoms with E-state index in [0.717, 1.165) is 58.7 Å². The van der Waals surface area contributed by atoms with Crippen molar-refractivity contribution in [2.24, 2.45) is 7.05 Å². The van der Waals surface area contributed by atoms with Crippen molar-refractivity contribution in [3.8, 4) is 11.3 Å². The normalized spacial score (nSPS) is 16.0. The van der Waals surface area contributed by atoms with Crippen LogP contribution in [0.3, 0.4) is 0 Å². The average Bonchev–Trinajstić information content (AvgIpc) is 3.63. The highest BCUT2D eigenvalue weighted by Crippen LogP contribution is 2.35. The molecule has 9 nitrogen and oxygen atoms in total. The van der Waals surface area contributed by atoms with Crippen molar-refractivity contribution in [3.63, 3.8) is 0 Å². The van der Waals surface area contributed by atoms with Gasteiger partial charge in [-0.1, -0.05) is 42.0 Å². The summed E-state index contributed by atoms with van der Waals surface area (Å²) in [6.07, 6.45) is 5.68. The second-order valence-electron chi connectivity index (χ2n) is 11.0. The van der Waals surface area contributed by atoms with Crippen LogP contribution in [0.15, 0.2) is 60.9 Å². The molecule has 2 aromatic carbocycles. The highest BCUT2D eigenvalue weighted by Gasteiger charge is 2.29. The van der Waals surface area contributed by atoms with Crippen molar-refractivity contribution in [1.29, 1.82) is 0 Å². The lowest BCUT2D eigenvalue weighted by Gasteiger charge is -2.35. The van der Waals surface area contributed by atoms with E-state index >= 15 is 0 Å². The van der Waals surface area contributed by atoms with Crippen LogP contribution in [0.4, 0.5) is 5.82 Å². The van der Waals surface area contributed by atoms with Crippen LogP contribution >= 0.6 is 0 Å². The molecule has 1 N–H and O–H groups in total. The molecule has 41 heavy (non-hydrogen) atoms. The Morgan fingerprint density at radius 2 is 1.66 bits per heavy atom. The third-order valence-electron chi connectivity index (χ3n) is 8.29. The van der Waals surface area contributed by atoms with Crippen LogP contribution in [0.5, 0.6) is 0 Å². The fraction of sp³-hybridized carbons (Fsp3) is 0.375. The number of fused-ring (bicyclic) bond motifs is 1. The summed E-state index contributed by atoms with van der Waals surface area (Å²) in [6.45, 7) is 8.21. The third-order valence-corrected chi connectivity index (χ3v) is 8.29. The maximum Gasteiger partial charge on any atom is 0.271 e. The predicted molar refractivity (Wildman–Crippen MR) is 161 cm³/mol. The van der Waals surface area contributed by atoms with Crippen LogP contribution in [0.2, 0.25) is 0 Å². The molecule has 0 aliphatic carbocycles. The van der Waals surface area contributed by atoms with Gasteiger partial charge in [-0.05, 0) is 50.6 Å². The molecule has 2 aliphatic heterocycles. The van der Waals surface area contributed by atoms with E-state index in [1.165, 1.54) is 12.8 Å². The van der Waals surface area contributed by atoms with E-state index in [1.807, 2.05) is 30.1 Å². The molecule has 2 saturated heterocycles. The largest absolute Gasteiger partial charge is 0.352 e. The van der Waals surface area contributed by atoms with E-state index in [4.69, 9.17) is 0 Å². The molecule has 0 saturated carbocycles. The number of aryl methyl sites for hydroxylation is 2. The number of piperazine rings is 1. The first-order valence-corrected chi connectivity index (χ1v) is 14.5. The summed E-state index contributed by atoms with van der Waals surface area (Å²) in [5, 5.41) is 3.94. The SMILES string of the molecule is Cc1ccc2c(c1)c(C(=O)N1CCN(c3cnc(C(=O)NCCN4CCCC4)cn3)CC1)c(-c1ccccc1)n2C. The Labute approximate surface area is 240 Å². The maximum absolute atomic E-state index is 14.1. The van der Waals surface area contributed by atoms with E-state index in [-0.39, 0.29) is 11.8 Å². The van der Waals surface area contributed by atoms with E-state index in [1.54, 1.807) is 12.4 Å². The lowest BCUT2D eigenvalue weighted by molar-refractivity contribution is 0.0748. The van der Waals surface area contributed by atoms with Gasteiger partial charge in [0, 0.05) is 57.2 Å². The molecule has 2 amide bonds. The van der Waals surface area contributed by atoms with Crippen LogP contribution in [-0.2, 0) is 7.05 Å². The third kappa shape index (κ3) is 5.54. The molecule has 4 aromatic rings. The number of benzene rings is 2. The van der Waals surface area contributed by atoms with Gasteiger partial charge in [0.2, 0.25) is 0 Å². The zero-order valence-corrected chi connectivity index (χ0v) is 23.8. The van der Waals surface area contributed by atoms with Gasteiger partial charge in [-0.15, -0.1) is 0 Å². The molecule has 0 bridgehead atoms. The van der Waals surface area contributed by atoms with Crippen LogP contribution in [-0.4, -0.2) is 88.5 Å². The first-order chi connectivity index (χ1) is 20.0. The molecule has 212 valence electrons. The van der Waals surface area contributed by atoms with Gasteiger partial charge in [0.1, 0.15) is 11.5 Å². The number of carbonyl (C=O) groups excluding carboxylic acids is 2. The maximum atomic E-state index is 14.1. The first kappa shape index (κ1) is 27.0. The molecule has 0 atom stereocenters. The van der Waals surface area contributed by atoms with E-state index in [2.05, 4.69) is 66.9 Å². The van der Waals surface area contributed by atoms with E-state index < -0.39 is 0 Å². The van der Waals surface area contributed by atoms with Gasteiger partial charge in [0.05, 0.1) is 23.7 Å². The minimum atomic E-state index is -0.196. The summed E-state index contributed by atoms with van der Waals surface area (Å²) in [7, 11) is 2.03. The molecule has 4 heterocycles. The molecule has 0 unspecified atom stereocenters. The number of hydrogen-bond acceptors (Lipinski definition) is 6. The Morgan fingerprint density at radius 3 is 2.37 bits per heavy atom. The van der Waals surface area contributed by atoms with Gasteiger partial charge < -0.3 is 24.6 Å². The van der Waals surface area contributed by atoms with Gasteiger partial charge in [-0.3, -0.25) is 9.59 Å². The average molecular weight is 552 g/mol. The number of likely N-dealkylation sites (tertiary alicyclic amines) is 1. The van der Waals surface area contributed by atoms with Gasteiger partial charge in [-0.25, -0.2) is 9.97 Å². The van der Waals surface area contributed by atoms with Crippen LogP contribution in [0.25, 0.3) is 22.2 Å². The Hall–Kier alpha value is -4.24. The lowest BCUT2D eigenvalue weighted by Crippen LogP contribution is -2.49. The highest BCUT2D eigenvalue weighted by atomic mass is 16.2. The summed E-state index contributed by atoms with van der Waals surface area (Å²) in [4.78, 5) is 41.9. The second kappa shape index (κ2) is 11.7. The minimum absolute atomic E-state index is 0.0479. The number of nitrogens with one attached hydrogen (secondary N) is 1. The molecule has 0 spiro atoms.